The van der Waals surface area contributed by atoms with Gasteiger partial charge in [-0.15, -0.1) is 0 Å². The van der Waals surface area contributed by atoms with Gasteiger partial charge in [0.05, 0.1) is 18.4 Å². The van der Waals surface area contributed by atoms with Crippen molar-refractivity contribution in [2.75, 3.05) is 0 Å². The van der Waals surface area contributed by atoms with Crippen LogP contribution in [0.5, 0.6) is 0 Å². The predicted octanol–water partition coefficient (Wildman–Crippen LogP) is 1.18. The molecular weight excluding hydrogens is 126 g/mol. The van der Waals surface area contributed by atoms with E-state index in [-0.39, 0.29) is 0 Å². The molecule has 0 saturated heterocycles. The van der Waals surface area contributed by atoms with Crippen LogP contribution in [0.25, 0.3) is 0 Å². The molecule has 54 valence electrons. The van der Waals surface area contributed by atoms with Crippen molar-refractivity contribution in [1.29, 1.82) is 0 Å². The zero-order valence-corrected chi connectivity index (χ0v) is 6.12. The first kappa shape index (κ1) is 5.89. The zero-order chi connectivity index (χ0) is 6.97. The lowest BCUT2D eigenvalue weighted by Crippen LogP contribution is -1.98. The van der Waals surface area contributed by atoms with Crippen molar-refractivity contribution in [3.8, 4) is 0 Å². The summed E-state index contributed by atoms with van der Waals surface area (Å²) in [5, 5.41) is 8.40. The summed E-state index contributed by atoms with van der Waals surface area (Å²) in [6.07, 6.45) is 4.51. The topological polar surface area (TPSA) is 30.7 Å². The molecule has 0 aromatic carbocycles. The quantitative estimate of drug-likeness (QED) is 0.612. The number of hydrogen-bond acceptors (Lipinski definition) is 2. The van der Waals surface area contributed by atoms with Crippen molar-refractivity contribution in [2.45, 2.75) is 32.2 Å². The molecule has 0 N–H and O–H groups in total. The Hall–Kier alpha value is -0.860. The van der Waals surface area contributed by atoms with E-state index in [2.05, 4.69) is 17.1 Å². The van der Waals surface area contributed by atoms with Gasteiger partial charge in [0.2, 0.25) is 0 Å². The molecule has 0 amide bonds. The van der Waals surface area contributed by atoms with Gasteiger partial charge in [0.1, 0.15) is 0 Å². The van der Waals surface area contributed by atoms with Crippen LogP contribution in [0.2, 0.25) is 0 Å². The second kappa shape index (κ2) is 2.08. The van der Waals surface area contributed by atoms with Crippen LogP contribution >= 0.6 is 0 Å². The number of nitrogens with zero attached hydrogens (tertiary/aromatic N) is 3. The van der Waals surface area contributed by atoms with Gasteiger partial charge in [0.25, 0.3) is 0 Å². The molecule has 0 aliphatic heterocycles. The average molecular weight is 137 g/mol. The van der Waals surface area contributed by atoms with Gasteiger partial charge < -0.3 is 0 Å². The second-order valence-corrected chi connectivity index (χ2v) is 2.73. The van der Waals surface area contributed by atoms with Gasteiger partial charge in [0, 0.05) is 5.92 Å². The lowest BCUT2D eigenvalue weighted by Gasteiger charge is -1.88. The lowest BCUT2D eigenvalue weighted by atomic mass is 10.3. The largest absolute Gasteiger partial charge is 0.185 e. The summed E-state index contributed by atoms with van der Waals surface area (Å²) in [4.78, 5) is 1.74. The standard InChI is InChI=1S/C7H11N3/c1-2-10-8-5-7(9-10)6-3-4-6/h5-6H,2-4H2,1H3. The van der Waals surface area contributed by atoms with Gasteiger partial charge in [0.15, 0.2) is 0 Å². The van der Waals surface area contributed by atoms with Crippen LogP contribution in [-0.2, 0) is 6.54 Å². The third kappa shape index (κ3) is 0.916. The molecular formula is C7H11N3. The minimum atomic E-state index is 0.736. The molecule has 0 spiro atoms. The van der Waals surface area contributed by atoms with E-state index in [9.17, 15) is 0 Å². The van der Waals surface area contributed by atoms with Gasteiger partial charge in [-0.05, 0) is 19.8 Å². The summed E-state index contributed by atoms with van der Waals surface area (Å²) < 4.78 is 0. The van der Waals surface area contributed by atoms with E-state index in [4.69, 9.17) is 0 Å². The van der Waals surface area contributed by atoms with Crippen LogP contribution in [0.3, 0.4) is 0 Å². The molecule has 10 heavy (non-hydrogen) atoms. The molecule has 0 bridgehead atoms. The van der Waals surface area contributed by atoms with Crippen LogP contribution in [0, 0.1) is 0 Å². The molecule has 1 aromatic heterocycles. The van der Waals surface area contributed by atoms with Crippen molar-refractivity contribution >= 4 is 0 Å². The molecule has 1 heterocycles. The Bertz CT molecular complexity index is 225. The van der Waals surface area contributed by atoms with E-state index in [0.29, 0.717) is 0 Å². The average Bonchev–Trinajstić information content (AvgIpc) is 2.70. The highest BCUT2D eigenvalue weighted by Crippen LogP contribution is 2.38. The molecule has 3 heteroatoms. The third-order valence-corrected chi connectivity index (χ3v) is 1.83. The van der Waals surface area contributed by atoms with Crippen LogP contribution in [0.4, 0.5) is 0 Å². The highest BCUT2D eigenvalue weighted by Gasteiger charge is 2.26. The van der Waals surface area contributed by atoms with Crippen molar-refractivity contribution in [3.63, 3.8) is 0 Å². The smallest absolute Gasteiger partial charge is 0.0858 e. The van der Waals surface area contributed by atoms with Crippen molar-refractivity contribution < 1.29 is 0 Å². The highest BCUT2D eigenvalue weighted by atomic mass is 15.5. The minimum absolute atomic E-state index is 0.736. The minimum Gasteiger partial charge on any atom is -0.185 e. The maximum Gasteiger partial charge on any atom is 0.0858 e. The van der Waals surface area contributed by atoms with E-state index in [0.717, 1.165) is 12.5 Å². The summed E-state index contributed by atoms with van der Waals surface area (Å²) in [6, 6.07) is 0. The summed E-state index contributed by atoms with van der Waals surface area (Å²) in [6.45, 7) is 2.93. The molecule has 0 radical (unpaired) electrons. The molecule has 3 nitrogen and oxygen atoms in total. The molecule has 0 atom stereocenters. The van der Waals surface area contributed by atoms with Gasteiger partial charge >= 0.3 is 0 Å². The molecule has 2 rings (SSSR count). The summed E-state index contributed by atoms with van der Waals surface area (Å²) in [5.74, 6) is 0.736. The van der Waals surface area contributed by atoms with Gasteiger partial charge in [-0.25, -0.2) is 0 Å². The Kier molecular flexibility index (Phi) is 1.22. The van der Waals surface area contributed by atoms with Crippen LogP contribution in [-0.4, -0.2) is 15.0 Å². The summed E-state index contributed by atoms with van der Waals surface area (Å²) >= 11 is 0. The van der Waals surface area contributed by atoms with Crippen molar-refractivity contribution in [1.82, 2.24) is 15.0 Å². The fraction of sp³-hybridized carbons (Fsp3) is 0.714. The Morgan fingerprint density at radius 2 is 2.50 bits per heavy atom. The van der Waals surface area contributed by atoms with Crippen molar-refractivity contribution in [3.05, 3.63) is 11.9 Å². The molecule has 1 saturated carbocycles. The maximum atomic E-state index is 4.30. The van der Waals surface area contributed by atoms with E-state index in [1.54, 1.807) is 4.80 Å². The van der Waals surface area contributed by atoms with Gasteiger partial charge in [-0.2, -0.15) is 15.0 Å². The predicted molar refractivity (Wildman–Crippen MR) is 37.7 cm³/mol. The molecule has 1 aliphatic rings. The Balaban J connectivity index is 2.19. The molecule has 0 unspecified atom stereocenters. The second-order valence-electron chi connectivity index (χ2n) is 2.73. The third-order valence-electron chi connectivity index (χ3n) is 1.83. The molecule has 1 aromatic rings. The van der Waals surface area contributed by atoms with Crippen LogP contribution < -0.4 is 0 Å². The highest BCUT2D eigenvalue weighted by molar-refractivity contribution is 5.08. The first-order chi connectivity index (χ1) is 4.90. The van der Waals surface area contributed by atoms with E-state index in [1.165, 1.54) is 18.5 Å². The fourth-order valence-electron chi connectivity index (χ4n) is 1.03. The number of aryl methyl sites for hydroxylation is 1. The van der Waals surface area contributed by atoms with Gasteiger partial charge in [-0.3, -0.25) is 0 Å². The van der Waals surface area contributed by atoms with E-state index >= 15 is 0 Å². The zero-order valence-electron chi connectivity index (χ0n) is 6.12. The van der Waals surface area contributed by atoms with E-state index < -0.39 is 0 Å². The first-order valence-corrected chi connectivity index (χ1v) is 3.80. The van der Waals surface area contributed by atoms with Crippen molar-refractivity contribution in [2.24, 2.45) is 0 Å². The monoisotopic (exact) mass is 137 g/mol. The lowest BCUT2D eigenvalue weighted by molar-refractivity contribution is 0.564. The maximum absolute atomic E-state index is 4.30. The van der Waals surface area contributed by atoms with Crippen LogP contribution in [0.1, 0.15) is 31.4 Å². The summed E-state index contributed by atoms with van der Waals surface area (Å²) in [7, 11) is 0. The fourth-order valence-corrected chi connectivity index (χ4v) is 1.03. The SMILES string of the molecule is CCn1ncc(C2CC2)n1. The number of rotatable bonds is 2. The normalized spacial score (nSPS) is 17.7. The number of aromatic nitrogens is 3. The molecule has 1 fully saturated rings. The Labute approximate surface area is 60.0 Å². The summed E-state index contributed by atoms with van der Waals surface area (Å²) in [5.41, 5.74) is 1.18. The Morgan fingerprint density at radius 3 is 3.00 bits per heavy atom. The Morgan fingerprint density at radius 1 is 1.70 bits per heavy atom. The van der Waals surface area contributed by atoms with E-state index in [1.807, 2.05) is 6.20 Å². The number of hydrogen-bond donors (Lipinski definition) is 0. The molecule has 1 aliphatic carbocycles. The van der Waals surface area contributed by atoms with Crippen LogP contribution in [0.15, 0.2) is 6.20 Å². The first-order valence-electron chi connectivity index (χ1n) is 3.80. The van der Waals surface area contributed by atoms with Gasteiger partial charge in [-0.1, -0.05) is 0 Å².